The molecular weight excluding hydrogens is 196 g/mol. The van der Waals surface area contributed by atoms with E-state index < -0.39 is 4.92 Å². The molecule has 1 N–H and O–H groups in total. The number of nitro groups is 1. The van der Waals surface area contributed by atoms with Crippen LogP contribution in [0.3, 0.4) is 0 Å². The molecule has 0 bridgehead atoms. The van der Waals surface area contributed by atoms with Crippen LogP contribution in [0.4, 0.5) is 5.69 Å². The number of nitrogens with zero attached hydrogens (tertiary/aromatic N) is 2. The van der Waals surface area contributed by atoms with Gasteiger partial charge in [-0.1, -0.05) is 19.1 Å². The maximum absolute atomic E-state index is 10.6. The molecule has 0 aliphatic rings. The third-order valence-electron chi connectivity index (χ3n) is 2.19. The summed E-state index contributed by atoms with van der Waals surface area (Å²) < 4.78 is 0. The van der Waals surface area contributed by atoms with Gasteiger partial charge in [0.25, 0.3) is 5.69 Å². The molecule has 15 heavy (non-hydrogen) atoms. The van der Waals surface area contributed by atoms with Gasteiger partial charge >= 0.3 is 0 Å². The smallest absolute Gasteiger partial charge is 0.287 e. The predicted molar refractivity (Wildman–Crippen MR) is 53.3 cm³/mol. The Kier molecular flexibility index (Phi) is 3.37. The van der Waals surface area contributed by atoms with Gasteiger partial charge in [-0.15, -0.1) is 0 Å². The fourth-order valence-corrected chi connectivity index (χ4v) is 1.34. The monoisotopic (exact) mass is 206 g/mol. The van der Waals surface area contributed by atoms with E-state index in [-0.39, 0.29) is 23.8 Å². The zero-order chi connectivity index (χ0) is 11.4. The van der Waals surface area contributed by atoms with Gasteiger partial charge in [0.05, 0.1) is 4.92 Å². The Bertz CT molecular complexity index is 423. The lowest BCUT2D eigenvalue weighted by molar-refractivity contribution is -0.385. The summed E-state index contributed by atoms with van der Waals surface area (Å²) in [6, 6.07) is 6.22. The zero-order valence-electron chi connectivity index (χ0n) is 8.17. The number of benzene rings is 1. The molecule has 78 valence electrons. The van der Waals surface area contributed by atoms with Crippen LogP contribution in [0, 0.1) is 21.4 Å². The fourth-order valence-electron chi connectivity index (χ4n) is 1.34. The summed E-state index contributed by atoms with van der Waals surface area (Å²) >= 11 is 0. The first-order valence-electron chi connectivity index (χ1n) is 4.40. The maximum atomic E-state index is 10.6. The number of nitriles is 1. The van der Waals surface area contributed by atoms with Crippen molar-refractivity contribution >= 4 is 5.69 Å². The number of nitro benzene ring substituents is 1. The van der Waals surface area contributed by atoms with Crippen molar-refractivity contribution in [3.05, 3.63) is 39.4 Å². The van der Waals surface area contributed by atoms with Crippen molar-refractivity contribution in [1.29, 1.82) is 5.26 Å². The Morgan fingerprint density at radius 1 is 1.67 bits per heavy atom. The first-order chi connectivity index (χ1) is 7.11. The highest BCUT2D eigenvalue weighted by Gasteiger charge is 2.19. The quantitative estimate of drug-likeness (QED) is 0.600. The molecule has 0 saturated heterocycles. The summed E-state index contributed by atoms with van der Waals surface area (Å²) in [5, 5.41) is 28.5. The van der Waals surface area contributed by atoms with Crippen LogP contribution in [-0.2, 0) is 0 Å². The van der Waals surface area contributed by atoms with Crippen LogP contribution in [-0.4, -0.2) is 16.6 Å². The molecule has 1 unspecified atom stereocenters. The van der Waals surface area contributed by atoms with Gasteiger partial charge in [-0.3, -0.25) is 10.1 Å². The van der Waals surface area contributed by atoms with Crippen molar-refractivity contribution in [3.63, 3.8) is 0 Å². The molecule has 1 atom stereocenters. The number of hydrogen-bond acceptors (Lipinski definition) is 4. The third kappa shape index (κ3) is 2.11. The molecule has 0 amide bonds. The van der Waals surface area contributed by atoms with Gasteiger partial charge in [0, 0.05) is 18.6 Å². The second kappa shape index (κ2) is 4.53. The van der Waals surface area contributed by atoms with Crippen LogP contribution < -0.4 is 0 Å². The Balaban J connectivity index is 3.36. The van der Waals surface area contributed by atoms with E-state index in [4.69, 9.17) is 10.4 Å². The average molecular weight is 206 g/mol. The minimum Gasteiger partial charge on any atom is -0.396 e. The highest BCUT2D eigenvalue weighted by Crippen LogP contribution is 2.26. The van der Waals surface area contributed by atoms with Crippen molar-refractivity contribution in [2.75, 3.05) is 6.61 Å². The summed E-state index contributed by atoms with van der Waals surface area (Å²) in [6.45, 7) is 1.57. The topological polar surface area (TPSA) is 87.2 Å². The van der Waals surface area contributed by atoms with Crippen LogP contribution in [0.25, 0.3) is 0 Å². The molecule has 1 rings (SSSR count). The molecule has 0 radical (unpaired) electrons. The lowest BCUT2D eigenvalue weighted by Gasteiger charge is -2.09. The van der Waals surface area contributed by atoms with Crippen LogP contribution in [0.15, 0.2) is 18.2 Å². The van der Waals surface area contributed by atoms with Gasteiger partial charge in [-0.25, -0.2) is 0 Å². The van der Waals surface area contributed by atoms with Crippen LogP contribution in [0.5, 0.6) is 0 Å². The predicted octanol–water partition coefficient (Wildman–Crippen LogP) is 1.56. The van der Waals surface area contributed by atoms with Gasteiger partial charge in [0.1, 0.15) is 11.6 Å². The van der Waals surface area contributed by atoms with Crippen molar-refractivity contribution in [2.24, 2.45) is 0 Å². The Labute approximate surface area is 86.7 Å². The molecule has 0 aliphatic carbocycles. The van der Waals surface area contributed by atoms with Crippen molar-refractivity contribution in [2.45, 2.75) is 12.8 Å². The lowest BCUT2D eigenvalue weighted by atomic mass is 9.96. The summed E-state index contributed by atoms with van der Waals surface area (Å²) in [7, 11) is 0. The summed E-state index contributed by atoms with van der Waals surface area (Å²) in [4.78, 5) is 10.0. The first kappa shape index (κ1) is 11.1. The lowest BCUT2D eigenvalue weighted by Crippen LogP contribution is -2.04. The highest BCUT2D eigenvalue weighted by atomic mass is 16.6. The average Bonchev–Trinajstić information content (AvgIpc) is 2.26. The molecule has 1 aromatic carbocycles. The summed E-state index contributed by atoms with van der Waals surface area (Å²) in [5.41, 5.74) is 0.327. The van der Waals surface area contributed by atoms with E-state index in [9.17, 15) is 10.1 Å². The van der Waals surface area contributed by atoms with Crippen molar-refractivity contribution in [1.82, 2.24) is 0 Å². The third-order valence-corrected chi connectivity index (χ3v) is 2.19. The minimum atomic E-state index is -0.591. The van der Waals surface area contributed by atoms with Crippen molar-refractivity contribution in [3.8, 4) is 6.07 Å². The SMILES string of the molecule is CC(CO)c1cccc([N+](=O)[O-])c1C#N. The molecule has 5 nitrogen and oxygen atoms in total. The Morgan fingerprint density at radius 2 is 2.33 bits per heavy atom. The van der Waals surface area contributed by atoms with E-state index >= 15 is 0 Å². The van der Waals surface area contributed by atoms with Gasteiger partial charge in [0.2, 0.25) is 0 Å². The zero-order valence-corrected chi connectivity index (χ0v) is 8.17. The van der Waals surface area contributed by atoms with E-state index in [1.54, 1.807) is 13.0 Å². The standard InChI is InChI=1S/C10H10N2O3/c1-7(6-13)8-3-2-4-10(12(14)15)9(8)5-11/h2-4,7,13H,6H2,1H3. The second-order valence-corrected chi connectivity index (χ2v) is 3.19. The van der Waals surface area contributed by atoms with E-state index in [2.05, 4.69) is 0 Å². The minimum absolute atomic E-state index is 0.0315. The Hall–Kier alpha value is -1.93. The van der Waals surface area contributed by atoms with Crippen molar-refractivity contribution < 1.29 is 10.0 Å². The number of hydrogen-bond donors (Lipinski definition) is 1. The van der Waals surface area contributed by atoms with Crippen LogP contribution in [0.2, 0.25) is 0 Å². The van der Waals surface area contributed by atoms with E-state index in [1.807, 2.05) is 6.07 Å². The normalized spacial score (nSPS) is 11.8. The molecule has 0 spiro atoms. The fraction of sp³-hybridized carbons (Fsp3) is 0.300. The number of aliphatic hydroxyl groups excluding tert-OH is 1. The van der Waals surface area contributed by atoms with E-state index in [0.29, 0.717) is 5.56 Å². The van der Waals surface area contributed by atoms with Crippen LogP contribution >= 0.6 is 0 Å². The highest BCUT2D eigenvalue weighted by molar-refractivity contribution is 5.54. The molecule has 5 heteroatoms. The molecular formula is C10H10N2O3. The largest absolute Gasteiger partial charge is 0.396 e. The molecule has 0 aromatic heterocycles. The second-order valence-electron chi connectivity index (χ2n) is 3.19. The van der Waals surface area contributed by atoms with E-state index in [1.165, 1.54) is 12.1 Å². The van der Waals surface area contributed by atoms with Gasteiger partial charge in [-0.05, 0) is 5.56 Å². The number of aliphatic hydroxyl groups is 1. The summed E-state index contributed by atoms with van der Waals surface area (Å²) in [6.07, 6.45) is 0. The summed E-state index contributed by atoms with van der Waals surface area (Å²) in [5.74, 6) is -0.278. The van der Waals surface area contributed by atoms with Gasteiger partial charge < -0.3 is 5.11 Å². The Morgan fingerprint density at radius 3 is 2.80 bits per heavy atom. The van der Waals surface area contributed by atoms with Gasteiger partial charge in [0.15, 0.2) is 0 Å². The van der Waals surface area contributed by atoms with E-state index in [0.717, 1.165) is 0 Å². The van der Waals surface area contributed by atoms with Gasteiger partial charge in [-0.2, -0.15) is 5.26 Å². The maximum Gasteiger partial charge on any atom is 0.287 e. The molecule has 0 fully saturated rings. The van der Waals surface area contributed by atoms with Crippen LogP contribution in [0.1, 0.15) is 24.0 Å². The molecule has 0 saturated carbocycles. The number of rotatable bonds is 3. The molecule has 0 heterocycles. The first-order valence-corrected chi connectivity index (χ1v) is 4.40. The molecule has 0 aliphatic heterocycles. The molecule has 1 aromatic rings.